The van der Waals surface area contributed by atoms with Gasteiger partial charge in [-0.2, -0.15) is 0 Å². The molecule has 2 N–H and O–H groups in total. The summed E-state index contributed by atoms with van der Waals surface area (Å²) in [6.45, 7) is 2.21. The third-order valence-electron chi connectivity index (χ3n) is 5.30. The second kappa shape index (κ2) is 6.14. The number of hydrogen-bond acceptors (Lipinski definition) is 3. The first-order valence-electron chi connectivity index (χ1n) is 8.66. The molecule has 0 spiro atoms. The number of sulfonamides is 1. The van der Waals surface area contributed by atoms with Gasteiger partial charge in [0.05, 0.1) is 12.0 Å². The van der Waals surface area contributed by atoms with E-state index in [0.29, 0.717) is 11.4 Å². The Kier molecular flexibility index (Phi) is 4.04. The predicted molar refractivity (Wildman–Crippen MR) is 102 cm³/mol. The maximum Gasteiger partial charge on any atom is 0.240 e. The summed E-state index contributed by atoms with van der Waals surface area (Å²) in [5, 5.41) is 1.09. The van der Waals surface area contributed by atoms with E-state index < -0.39 is 10.0 Å². The van der Waals surface area contributed by atoms with E-state index in [9.17, 15) is 8.42 Å². The Balaban J connectivity index is 1.62. The molecule has 0 aliphatic heterocycles. The predicted octanol–water partition coefficient (Wildman–Crippen LogP) is 3.50. The summed E-state index contributed by atoms with van der Waals surface area (Å²) < 4.78 is 33.6. The first-order chi connectivity index (χ1) is 12.5. The lowest BCUT2D eigenvalue weighted by molar-refractivity contribution is 0.415. The Hall–Kier alpha value is -2.31. The molecule has 1 aromatic heterocycles. The van der Waals surface area contributed by atoms with E-state index >= 15 is 0 Å². The zero-order valence-electron chi connectivity index (χ0n) is 14.9. The van der Waals surface area contributed by atoms with Gasteiger partial charge in [-0.25, -0.2) is 13.1 Å². The van der Waals surface area contributed by atoms with Gasteiger partial charge in [0.15, 0.2) is 0 Å². The van der Waals surface area contributed by atoms with Crippen LogP contribution < -0.4 is 9.46 Å². The van der Waals surface area contributed by atoms with Crippen LogP contribution in [-0.2, 0) is 15.4 Å². The molecule has 1 saturated carbocycles. The Bertz CT molecular complexity index is 1070. The number of ether oxygens (including phenoxy) is 1. The number of aryl methyl sites for hydroxylation is 1. The topological polar surface area (TPSA) is 71.2 Å². The second-order valence-electron chi connectivity index (χ2n) is 6.98. The lowest BCUT2D eigenvalue weighted by Crippen LogP contribution is -2.32. The molecule has 0 saturated heterocycles. The highest BCUT2D eigenvalue weighted by atomic mass is 32.2. The van der Waals surface area contributed by atoms with Gasteiger partial charge in [-0.3, -0.25) is 0 Å². The van der Waals surface area contributed by atoms with Crippen LogP contribution in [0.4, 0.5) is 0 Å². The molecule has 6 heteroatoms. The van der Waals surface area contributed by atoms with Crippen molar-refractivity contribution in [3.8, 4) is 5.75 Å². The highest BCUT2D eigenvalue weighted by Gasteiger charge is 2.46. The molecule has 0 atom stereocenters. The van der Waals surface area contributed by atoms with Gasteiger partial charge in [-0.15, -0.1) is 0 Å². The summed E-state index contributed by atoms with van der Waals surface area (Å²) in [7, 11) is -1.88. The number of nitrogens with one attached hydrogen (secondary N) is 2. The monoisotopic (exact) mass is 370 g/mol. The number of rotatable bonds is 6. The van der Waals surface area contributed by atoms with Crippen LogP contribution in [0.15, 0.2) is 53.6 Å². The van der Waals surface area contributed by atoms with Crippen molar-refractivity contribution in [2.75, 3.05) is 13.7 Å². The number of fused-ring (bicyclic) bond motifs is 1. The van der Waals surface area contributed by atoms with Crippen molar-refractivity contribution in [3.63, 3.8) is 0 Å². The minimum atomic E-state index is -3.53. The minimum Gasteiger partial charge on any atom is -0.497 e. The molecule has 136 valence electrons. The molecular formula is C20H22N2O3S. The fourth-order valence-corrected chi connectivity index (χ4v) is 4.90. The summed E-state index contributed by atoms with van der Waals surface area (Å²) in [5.41, 5.74) is 2.79. The van der Waals surface area contributed by atoms with Gasteiger partial charge in [-0.05, 0) is 55.2 Å². The Labute approximate surface area is 153 Å². The van der Waals surface area contributed by atoms with E-state index in [1.807, 2.05) is 43.5 Å². The van der Waals surface area contributed by atoms with Gasteiger partial charge < -0.3 is 9.72 Å². The number of benzene rings is 2. The Morgan fingerprint density at radius 1 is 1.19 bits per heavy atom. The molecule has 0 unspecified atom stereocenters. The van der Waals surface area contributed by atoms with Crippen molar-refractivity contribution in [2.45, 2.75) is 30.1 Å². The van der Waals surface area contributed by atoms with Crippen molar-refractivity contribution in [3.05, 3.63) is 59.8 Å². The molecule has 2 aromatic carbocycles. The quantitative estimate of drug-likeness (QED) is 0.698. The molecule has 4 rings (SSSR count). The van der Waals surface area contributed by atoms with Crippen molar-refractivity contribution >= 4 is 20.9 Å². The van der Waals surface area contributed by atoms with Crippen LogP contribution in [0, 0.1) is 6.92 Å². The van der Waals surface area contributed by atoms with Crippen LogP contribution in [0.3, 0.4) is 0 Å². The van der Waals surface area contributed by atoms with Crippen molar-refractivity contribution in [1.82, 2.24) is 9.71 Å². The molecule has 1 aliphatic carbocycles. The number of aromatic amines is 1. The number of H-pyrrole nitrogens is 1. The van der Waals surface area contributed by atoms with E-state index in [2.05, 4.69) is 9.71 Å². The third kappa shape index (κ3) is 2.89. The minimum absolute atomic E-state index is 0.152. The van der Waals surface area contributed by atoms with Gasteiger partial charge in [0.25, 0.3) is 0 Å². The van der Waals surface area contributed by atoms with Crippen LogP contribution in [0.1, 0.15) is 24.0 Å². The Morgan fingerprint density at radius 3 is 2.65 bits per heavy atom. The van der Waals surface area contributed by atoms with E-state index in [1.165, 1.54) is 0 Å². The summed E-state index contributed by atoms with van der Waals surface area (Å²) in [4.78, 5) is 3.63. The molecule has 1 heterocycles. The highest BCUT2D eigenvalue weighted by molar-refractivity contribution is 7.89. The standard InChI is InChI=1S/C20H22N2O3S/c1-14-5-3-4-6-19(14)26(23,24)22-13-20(9-10-20)17-12-21-18-8-7-15(25-2)11-16(17)18/h3-8,11-12,21-22H,9-10,13H2,1-2H3. The third-order valence-corrected chi connectivity index (χ3v) is 6.86. The van der Waals surface area contributed by atoms with E-state index in [-0.39, 0.29) is 5.41 Å². The Morgan fingerprint density at radius 2 is 1.96 bits per heavy atom. The molecule has 0 radical (unpaired) electrons. The maximum atomic E-state index is 12.7. The second-order valence-corrected chi connectivity index (χ2v) is 8.72. The molecule has 1 fully saturated rings. The summed E-state index contributed by atoms with van der Waals surface area (Å²) in [5.74, 6) is 0.801. The molecule has 3 aromatic rings. The molecular weight excluding hydrogens is 348 g/mol. The number of methoxy groups -OCH3 is 1. The van der Waals surface area contributed by atoms with Gasteiger partial charge in [0.2, 0.25) is 10.0 Å². The zero-order valence-corrected chi connectivity index (χ0v) is 15.7. The van der Waals surface area contributed by atoms with Crippen LogP contribution in [0.2, 0.25) is 0 Å². The lowest BCUT2D eigenvalue weighted by atomic mass is 9.95. The van der Waals surface area contributed by atoms with Gasteiger partial charge >= 0.3 is 0 Å². The summed E-state index contributed by atoms with van der Waals surface area (Å²) >= 11 is 0. The number of hydrogen-bond donors (Lipinski definition) is 2. The van der Waals surface area contributed by atoms with Crippen molar-refractivity contribution in [2.24, 2.45) is 0 Å². The lowest BCUT2D eigenvalue weighted by Gasteiger charge is -2.17. The number of aromatic nitrogens is 1. The summed E-state index contributed by atoms with van der Waals surface area (Å²) in [6.07, 6.45) is 3.93. The SMILES string of the molecule is COc1ccc2[nH]cc(C3(CNS(=O)(=O)c4ccccc4C)CC3)c2c1. The van der Waals surface area contributed by atoms with Crippen molar-refractivity contribution in [1.29, 1.82) is 0 Å². The van der Waals surface area contributed by atoms with E-state index in [4.69, 9.17) is 4.74 Å². The van der Waals surface area contributed by atoms with Gasteiger partial charge in [0, 0.05) is 29.1 Å². The fourth-order valence-electron chi connectivity index (χ4n) is 3.53. The normalized spacial score (nSPS) is 15.9. The van der Waals surface area contributed by atoms with Crippen LogP contribution >= 0.6 is 0 Å². The fraction of sp³-hybridized carbons (Fsp3) is 0.300. The maximum absolute atomic E-state index is 12.7. The van der Waals surface area contributed by atoms with Crippen LogP contribution in [0.25, 0.3) is 10.9 Å². The first-order valence-corrected chi connectivity index (χ1v) is 10.1. The molecule has 0 amide bonds. The average molecular weight is 370 g/mol. The van der Waals surface area contributed by atoms with E-state index in [1.54, 1.807) is 19.2 Å². The zero-order chi connectivity index (χ0) is 18.4. The van der Waals surface area contributed by atoms with E-state index in [0.717, 1.165) is 40.6 Å². The highest BCUT2D eigenvalue weighted by Crippen LogP contribution is 2.50. The molecule has 5 nitrogen and oxygen atoms in total. The average Bonchev–Trinajstić information content (AvgIpc) is 3.31. The van der Waals surface area contributed by atoms with Gasteiger partial charge in [0.1, 0.15) is 5.75 Å². The first kappa shape index (κ1) is 17.1. The molecule has 26 heavy (non-hydrogen) atoms. The smallest absolute Gasteiger partial charge is 0.240 e. The van der Waals surface area contributed by atoms with Crippen molar-refractivity contribution < 1.29 is 13.2 Å². The molecule has 1 aliphatic rings. The largest absolute Gasteiger partial charge is 0.497 e. The van der Waals surface area contributed by atoms with Crippen LogP contribution in [0.5, 0.6) is 5.75 Å². The summed E-state index contributed by atoms with van der Waals surface area (Å²) in [6, 6.07) is 13.0. The molecule has 0 bridgehead atoms. The van der Waals surface area contributed by atoms with Crippen LogP contribution in [-0.4, -0.2) is 27.1 Å². The van der Waals surface area contributed by atoms with Gasteiger partial charge in [-0.1, -0.05) is 18.2 Å².